The molecule has 0 aromatic carbocycles. The molecule has 116 valence electrons. The van der Waals surface area contributed by atoms with E-state index in [-0.39, 0.29) is 36.0 Å². The van der Waals surface area contributed by atoms with E-state index in [2.05, 4.69) is 4.98 Å². The van der Waals surface area contributed by atoms with Gasteiger partial charge >= 0.3 is 25.0 Å². The Morgan fingerprint density at radius 1 is 1.41 bits per heavy atom. The second-order valence-electron chi connectivity index (χ2n) is 6.16. The number of carboxylic acids is 1. The Morgan fingerprint density at radius 2 is 2.05 bits per heavy atom. The van der Waals surface area contributed by atoms with Crippen molar-refractivity contribution >= 4 is 23.4 Å². The fourth-order valence-corrected chi connectivity index (χ4v) is 3.27. The monoisotopic (exact) mass is 318 g/mol. The van der Waals surface area contributed by atoms with Gasteiger partial charge in [0, 0.05) is 24.4 Å². The number of ether oxygens (including phenoxy) is 1. The number of amides is 1. The zero-order valence-corrected chi connectivity index (χ0v) is 14.5. The standard InChI is InChI=1S/C14H20N2O4S.Li/c1-14(2,3)20-13(19)16(4)8-5-6-9-10(7-8)21-11(15-9)12(17)18;/h8H,5-7H2,1-4H3,(H,17,18);/q;+1/p-1. The number of carbonyl (C=O) groups is 2. The van der Waals surface area contributed by atoms with Gasteiger partial charge in [0.2, 0.25) is 0 Å². The Labute approximate surface area is 146 Å². The van der Waals surface area contributed by atoms with E-state index in [1.807, 2.05) is 20.8 Å². The second kappa shape index (κ2) is 7.03. The average Bonchev–Trinajstić information content (AvgIpc) is 2.78. The van der Waals surface area contributed by atoms with Crippen LogP contribution in [0.15, 0.2) is 0 Å². The zero-order chi connectivity index (χ0) is 15.8. The van der Waals surface area contributed by atoms with E-state index in [4.69, 9.17) is 4.74 Å². The van der Waals surface area contributed by atoms with Crippen LogP contribution in [-0.2, 0) is 17.6 Å². The maximum Gasteiger partial charge on any atom is 1.00 e. The van der Waals surface area contributed by atoms with E-state index in [0.717, 1.165) is 28.3 Å². The molecule has 1 aliphatic carbocycles. The Bertz CT molecular complexity index is 568. The van der Waals surface area contributed by atoms with Crippen molar-refractivity contribution in [3.8, 4) is 0 Å². The summed E-state index contributed by atoms with van der Waals surface area (Å²) in [5.41, 5.74) is 0.283. The number of likely N-dealkylation sites (N-methyl/N-ethyl adjacent to an activating group) is 1. The number of aromatic nitrogens is 1. The van der Waals surface area contributed by atoms with Crippen LogP contribution in [0.3, 0.4) is 0 Å². The van der Waals surface area contributed by atoms with Gasteiger partial charge in [0.05, 0.1) is 5.69 Å². The predicted octanol–water partition coefficient (Wildman–Crippen LogP) is -1.77. The van der Waals surface area contributed by atoms with Crippen LogP contribution in [0, 0.1) is 0 Å². The van der Waals surface area contributed by atoms with Gasteiger partial charge in [-0.25, -0.2) is 9.78 Å². The molecule has 0 spiro atoms. The minimum Gasteiger partial charge on any atom is -0.542 e. The molecular weight excluding hydrogens is 299 g/mol. The average molecular weight is 318 g/mol. The minimum atomic E-state index is -1.24. The fraction of sp³-hybridized carbons (Fsp3) is 0.643. The van der Waals surface area contributed by atoms with Crippen LogP contribution in [0.4, 0.5) is 4.79 Å². The van der Waals surface area contributed by atoms with Gasteiger partial charge in [0.1, 0.15) is 16.6 Å². The minimum absolute atomic E-state index is 0. The van der Waals surface area contributed by atoms with Crippen molar-refractivity contribution in [2.24, 2.45) is 0 Å². The zero-order valence-electron chi connectivity index (χ0n) is 13.6. The maximum atomic E-state index is 12.1. The van der Waals surface area contributed by atoms with Crippen molar-refractivity contribution in [1.29, 1.82) is 0 Å². The van der Waals surface area contributed by atoms with Gasteiger partial charge in [0.15, 0.2) is 0 Å². The van der Waals surface area contributed by atoms with Crippen molar-refractivity contribution in [3.63, 3.8) is 0 Å². The maximum absolute atomic E-state index is 12.1. The molecule has 6 nitrogen and oxygen atoms in total. The number of nitrogens with zero attached hydrogens (tertiary/aromatic N) is 2. The molecule has 1 atom stereocenters. The van der Waals surface area contributed by atoms with Crippen LogP contribution in [-0.4, -0.2) is 40.6 Å². The number of carbonyl (C=O) groups excluding carboxylic acids is 2. The predicted molar refractivity (Wildman–Crippen MR) is 76.3 cm³/mol. The Kier molecular flexibility index (Phi) is 6.08. The van der Waals surface area contributed by atoms with Crippen molar-refractivity contribution in [1.82, 2.24) is 9.88 Å². The third-order valence-electron chi connectivity index (χ3n) is 3.32. The first kappa shape index (κ1) is 19.0. The number of hydrogen-bond donors (Lipinski definition) is 0. The van der Waals surface area contributed by atoms with E-state index in [1.165, 1.54) is 0 Å². The summed E-state index contributed by atoms with van der Waals surface area (Å²) < 4.78 is 5.35. The molecule has 1 heterocycles. The van der Waals surface area contributed by atoms with Gasteiger partial charge < -0.3 is 19.5 Å². The Balaban J connectivity index is 0.00000242. The molecule has 0 fully saturated rings. The molecule has 0 bridgehead atoms. The normalized spacial score (nSPS) is 17.2. The molecule has 8 heteroatoms. The fourth-order valence-electron chi connectivity index (χ4n) is 2.26. The molecule has 2 rings (SSSR count). The van der Waals surface area contributed by atoms with Crippen LogP contribution in [0.1, 0.15) is 47.6 Å². The topological polar surface area (TPSA) is 82.6 Å². The number of carboxylic acid groups (broad SMARTS) is 1. The quantitative estimate of drug-likeness (QED) is 0.603. The van der Waals surface area contributed by atoms with E-state index in [9.17, 15) is 14.7 Å². The molecule has 1 amide bonds. The molecule has 22 heavy (non-hydrogen) atoms. The number of rotatable bonds is 2. The van der Waals surface area contributed by atoms with E-state index in [1.54, 1.807) is 11.9 Å². The Hall–Kier alpha value is -1.03. The third kappa shape index (κ3) is 4.48. The van der Waals surface area contributed by atoms with Gasteiger partial charge in [0.25, 0.3) is 0 Å². The summed E-state index contributed by atoms with van der Waals surface area (Å²) in [5, 5.41) is 10.9. The van der Waals surface area contributed by atoms with Gasteiger partial charge in [-0.15, -0.1) is 11.3 Å². The number of fused-ring (bicyclic) bond motifs is 1. The summed E-state index contributed by atoms with van der Waals surface area (Å²) >= 11 is 1.14. The number of aromatic carboxylic acids is 1. The van der Waals surface area contributed by atoms with Crippen LogP contribution >= 0.6 is 11.3 Å². The van der Waals surface area contributed by atoms with Crippen molar-refractivity contribution < 1.29 is 38.3 Å². The molecule has 0 aliphatic heterocycles. The second-order valence-corrected chi connectivity index (χ2v) is 7.25. The molecule has 1 unspecified atom stereocenters. The van der Waals surface area contributed by atoms with Gasteiger partial charge in [-0.1, -0.05) is 0 Å². The van der Waals surface area contributed by atoms with Gasteiger partial charge in [-0.05, 0) is 33.6 Å². The van der Waals surface area contributed by atoms with Crippen LogP contribution in [0.25, 0.3) is 0 Å². The molecule has 0 N–H and O–H groups in total. The summed E-state index contributed by atoms with van der Waals surface area (Å²) in [7, 11) is 1.71. The summed E-state index contributed by atoms with van der Waals surface area (Å²) in [6.45, 7) is 5.48. The summed E-state index contributed by atoms with van der Waals surface area (Å²) in [5.74, 6) is -1.24. The first-order valence-electron chi connectivity index (χ1n) is 6.83. The smallest absolute Gasteiger partial charge is 0.542 e. The first-order chi connectivity index (χ1) is 9.67. The Morgan fingerprint density at radius 3 is 2.59 bits per heavy atom. The van der Waals surface area contributed by atoms with Crippen LogP contribution in [0.2, 0.25) is 0 Å². The molecular formula is C14H19LiN2O4S. The van der Waals surface area contributed by atoms with Crippen molar-refractivity contribution in [2.75, 3.05) is 7.05 Å². The third-order valence-corrected chi connectivity index (χ3v) is 4.42. The first-order valence-corrected chi connectivity index (χ1v) is 7.65. The number of aryl methyl sites for hydroxylation is 1. The van der Waals surface area contributed by atoms with Crippen LogP contribution in [0.5, 0.6) is 0 Å². The molecule has 0 saturated heterocycles. The van der Waals surface area contributed by atoms with Crippen LogP contribution < -0.4 is 24.0 Å². The molecule has 1 aromatic rings. The van der Waals surface area contributed by atoms with Crippen molar-refractivity contribution in [3.05, 3.63) is 15.6 Å². The summed E-state index contributed by atoms with van der Waals surface area (Å²) in [6, 6.07) is 0.00223. The van der Waals surface area contributed by atoms with Gasteiger partial charge in [-0.2, -0.15) is 0 Å². The van der Waals surface area contributed by atoms with Crippen molar-refractivity contribution in [2.45, 2.75) is 51.7 Å². The molecule has 0 radical (unpaired) electrons. The largest absolute Gasteiger partial charge is 1.00 e. The van der Waals surface area contributed by atoms with Gasteiger partial charge in [-0.3, -0.25) is 0 Å². The SMILES string of the molecule is CN(C(=O)OC(C)(C)C)C1CCc2nc(C(=O)[O-])sc2C1.[Li+]. The number of hydrogen-bond acceptors (Lipinski definition) is 6. The molecule has 1 aromatic heterocycles. The summed E-state index contributed by atoms with van der Waals surface area (Å²) in [6.07, 6.45) is 1.66. The summed E-state index contributed by atoms with van der Waals surface area (Å²) in [4.78, 5) is 29.5. The van der Waals surface area contributed by atoms with E-state index in [0.29, 0.717) is 12.8 Å². The van der Waals surface area contributed by atoms with E-state index >= 15 is 0 Å². The number of thiazole rings is 1. The molecule has 1 aliphatic rings. The van der Waals surface area contributed by atoms with E-state index < -0.39 is 11.6 Å². The molecule has 0 saturated carbocycles.